The lowest BCUT2D eigenvalue weighted by Gasteiger charge is -2.37. The number of halogens is 2. The van der Waals surface area contributed by atoms with Crippen LogP contribution in [0.1, 0.15) is 19.3 Å². The average molecular weight is 515 g/mol. The number of nitrogens with zero attached hydrogens (tertiary/aromatic N) is 3. The first kappa shape index (κ1) is 24.3. The summed E-state index contributed by atoms with van der Waals surface area (Å²) in [4.78, 5) is 22.5. The first-order chi connectivity index (χ1) is 17.4. The molecular weight excluding hydrogens is 487 g/mol. The fourth-order valence-electron chi connectivity index (χ4n) is 4.64. The Morgan fingerprint density at radius 3 is 2.81 bits per heavy atom. The molecule has 5 rings (SSSR count). The number of carbonyl (C=O) groups is 1. The molecule has 0 aliphatic carbocycles. The third-order valence-electron chi connectivity index (χ3n) is 6.70. The van der Waals surface area contributed by atoms with Crippen molar-refractivity contribution in [2.75, 3.05) is 50.5 Å². The zero-order valence-corrected chi connectivity index (χ0v) is 20.7. The minimum Gasteiger partial charge on any atom is -0.491 e. The number of anilines is 3. The van der Waals surface area contributed by atoms with Crippen LogP contribution in [0.2, 0.25) is 5.02 Å². The van der Waals surface area contributed by atoms with E-state index < -0.39 is 5.82 Å². The molecule has 1 amide bonds. The summed E-state index contributed by atoms with van der Waals surface area (Å²) in [7, 11) is 1.84. The van der Waals surface area contributed by atoms with Gasteiger partial charge in [-0.2, -0.15) is 0 Å². The predicted octanol–water partition coefficient (Wildman–Crippen LogP) is 4.55. The standard InChI is InChI=1S/C25H28ClFN6O3/c1-28-21-13-20-17(23(31-15-30-20)32-16-3-4-19(27)18(26)11-16)12-22(21)35-10-2-7-33-8-5-25(6-9-33)14-29-24(34)36-25/h3-4,11-13,15,28H,2,5-10,14H2,1H3,(H,29,34)(H,30,31,32). The van der Waals surface area contributed by atoms with E-state index in [9.17, 15) is 9.18 Å². The number of piperidine rings is 1. The number of hydrogen-bond donors (Lipinski definition) is 3. The van der Waals surface area contributed by atoms with E-state index in [1.165, 1.54) is 18.5 Å². The van der Waals surface area contributed by atoms with Gasteiger partial charge in [-0.25, -0.2) is 19.2 Å². The molecule has 3 N–H and O–H groups in total. The summed E-state index contributed by atoms with van der Waals surface area (Å²) < 4.78 is 25.2. The van der Waals surface area contributed by atoms with Crippen LogP contribution in [0.4, 0.5) is 26.4 Å². The molecule has 3 heterocycles. The van der Waals surface area contributed by atoms with Crippen molar-refractivity contribution in [3.8, 4) is 5.75 Å². The van der Waals surface area contributed by atoms with Gasteiger partial charge in [0.2, 0.25) is 0 Å². The predicted molar refractivity (Wildman–Crippen MR) is 137 cm³/mol. The van der Waals surface area contributed by atoms with Crippen LogP contribution in [0.15, 0.2) is 36.7 Å². The van der Waals surface area contributed by atoms with E-state index in [4.69, 9.17) is 21.1 Å². The van der Waals surface area contributed by atoms with Crippen LogP contribution < -0.4 is 20.7 Å². The summed E-state index contributed by atoms with van der Waals surface area (Å²) >= 11 is 5.93. The molecular formula is C25H28ClFN6O3. The highest BCUT2D eigenvalue weighted by atomic mass is 35.5. The minimum absolute atomic E-state index is 0.0321. The summed E-state index contributed by atoms with van der Waals surface area (Å²) in [5.74, 6) is 0.785. The lowest BCUT2D eigenvalue weighted by atomic mass is 9.91. The van der Waals surface area contributed by atoms with Crippen molar-refractivity contribution in [3.05, 3.63) is 47.5 Å². The molecule has 1 aromatic heterocycles. The molecule has 0 saturated carbocycles. The lowest BCUT2D eigenvalue weighted by molar-refractivity contribution is 0.000149. The molecule has 0 atom stereocenters. The van der Waals surface area contributed by atoms with Crippen molar-refractivity contribution in [2.24, 2.45) is 0 Å². The zero-order chi connectivity index (χ0) is 25.1. The van der Waals surface area contributed by atoms with E-state index in [1.807, 2.05) is 19.2 Å². The van der Waals surface area contributed by atoms with Crippen LogP contribution in [0, 0.1) is 5.82 Å². The lowest BCUT2D eigenvalue weighted by Crippen LogP contribution is -2.46. The number of rotatable bonds is 8. The molecule has 190 valence electrons. The number of amides is 1. The summed E-state index contributed by atoms with van der Waals surface area (Å²) in [6.45, 7) is 3.84. The van der Waals surface area contributed by atoms with Gasteiger partial charge < -0.3 is 30.3 Å². The number of fused-ring (bicyclic) bond motifs is 1. The molecule has 0 bridgehead atoms. The van der Waals surface area contributed by atoms with Gasteiger partial charge in [0.15, 0.2) is 0 Å². The van der Waals surface area contributed by atoms with E-state index in [2.05, 4.69) is 30.8 Å². The number of nitrogens with one attached hydrogen (secondary N) is 3. The highest BCUT2D eigenvalue weighted by Crippen LogP contribution is 2.34. The van der Waals surface area contributed by atoms with Gasteiger partial charge in [0, 0.05) is 50.6 Å². The van der Waals surface area contributed by atoms with Crippen molar-refractivity contribution in [3.63, 3.8) is 0 Å². The molecule has 9 nitrogen and oxygen atoms in total. The Bertz CT molecular complexity index is 1270. The zero-order valence-electron chi connectivity index (χ0n) is 19.9. The molecule has 2 aromatic carbocycles. The van der Waals surface area contributed by atoms with Gasteiger partial charge in [0.1, 0.15) is 29.3 Å². The second-order valence-electron chi connectivity index (χ2n) is 9.06. The summed E-state index contributed by atoms with van der Waals surface area (Å²) in [6, 6.07) is 8.24. The molecule has 2 fully saturated rings. The quantitative estimate of drug-likeness (QED) is 0.376. The van der Waals surface area contributed by atoms with Crippen LogP contribution in [0.3, 0.4) is 0 Å². The number of hydrogen-bond acceptors (Lipinski definition) is 8. The minimum atomic E-state index is -0.479. The maximum absolute atomic E-state index is 13.5. The molecule has 2 aliphatic heterocycles. The Hall–Kier alpha value is -3.37. The Morgan fingerprint density at radius 1 is 1.25 bits per heavy atom. The second-order valence-corrected chi connectivity index (χ2v) is 9.47. The molecule has 0 radical (unpaired) electrons. The molecule has 11 heteroatoms. The van der Waals surface area contributed by atoms with Crippen LogP contribution in [-0.2, 0) is 4.74 Å². The van der Waals surface area contributed by atoms with Gasteiger partial charge in [-0.15, -0.1) is 0 Å². The smallest absolute Gasteiger partial charge is 0.407 e. The molecule has 2 aliphatic rings. The van der Waals surface area contributed by atoms with Gasteiger partial charge in [-0.3, -0.25) is 0 Å². The van der Waals surface area contributed by atoms with Crippen molar-refractivity contribution in [1.82, 2.24) is 20.2 Å². The van der Waals surface area contributed by atoms with Crippen molar-refractivity contribution in [2.45, 2.75) is 24.9 Å². The van der Waals surface area contributed by atoms with Crippen LogP contribution in [0.25, 0.3) is 10.9 Å². The number of benzene rings is 2. The first-order valence-corrected chi connectivity index (χ1v) is 12.3. The number of ether oxygens (including phenoxy) is 2. The summed E-state index contributed by atoms with van der Waals surface area (Å²) in [6.07, 6.45) is 3.71. The topological polar surface area (TPSA) is 101 Å². The number of aromatic nitrogens is 2. The van der Waals surface area contributed by atoms with E-state index in [1.54, 1.807) is 6.07 Å². The van der Waals surface area contributed by atoms with Crippen LogP contribution in [0.5, 0.6) is 5.75 Å². The average Bonchev–Trinajstić information content (AvgIpc) is 3.24. The van der Waals surface area contributed by atoms with E-state index in [0.717, 1.165) is 55.5 Å². The van der Waals surface area contributed by atoms with Gasteiger partial charge in [-0.1, -0.05) is 11.6 Å². The van der Waals surface area contributed by atoms with Gasteiger partial charge in [0.25, 0.3) is 0 Å². The first-order valence-electron chi connectivity index (χ1n) is 12.0. The SMILES string of the molecule is CNc1cc2ncnc(Nc3ccc(F)c(Cl)c3)c2cc1OCCCN1CCC2(CC1)CNC(=O)O2. The number of alkyl carbamates (subject to hydrolysis) is 1. The van der Waals surface area contributed by atoms with E-state index in [-0.39, 0.29) is 16.7 Å². The molecule has 0 unspecified atom stereocenters. The Kier molecular flexibility index (Phi) is 6.97. The normalized spacial score (nSPS) is 17.1. The Balaban J connectivity index is 1.22. The highest BCUT2D eigenvalue weighted by molar-refractivity contribution is 6.31. The third kappa shape index (κ3) is 5.24. The highest BCUT2D eigenvalue weighted by Gasteiger charge is 2.42. The molecule has 3 aromatic rings. The van der Waals surface area contributed by atoms with Crippen molar-refractivity contribution < 1.29 is 18.7 Å². The van der Waals surface area contributed by atoms with E-state index >= 15 is 0 Å². The third-order valence-corrected chi connectivity index (χ3v) is 6.99. The fraction of sp³-hybridized carbons (Fsp3) is 0.400. The Labute approximate surface area is 213 Å². The van der Waals surface area contributed by atoms with Gasteiger partial charge >= 0.3 is 6.09 Å². The fourth-order valence-corrected chi connectivity index (χ4v) is 4.82. The maximum atomic E-state index is 13.5. The van der Waals surface area contributed by atoms with Crippen molar-refractivity contribution in [1.29, 1.82) is 0 Å². The monoisotopic (exact) mass is 514 g/mol. The van der Waals surface area contributed by atoms with Gasteiger partial charge in [-0.05, 0) is 36.8 Å². The molecule has 1 spiro atoms. The summed E-state index contributed by atoms with van der Waals surface area (Å²) in [5.41, 5.74) is 1.85. The molecule has 2 saturated heterocycles. The van der Waals surface area contributed by atoms with Crippen molar-refractivity contribution >= 4 is 45.8 Å². The number of carbonyl (C=O) groups excluding carboxylic acids is 1. The molecule has 36 heavy (non-hydrogen) atoms. The van der Waals surface area contributed by atoms with E-state index in [0.29, 0.717) is 30.4 Å². The largest absolute Gasteiger partial charge is 0.491 e. The Morgan fingerprint density at radius 2 is 2.08 bits per heavy atom. The second kappa shape index (κ2) is 10.3. The maximum Gasteiger partial charge on any atom is 0.407 e. The van der Waals surface area contributed by atoms with Crippen LogP contribution in [-0.4, -0.2) is 66.4 Å². The number of likely N-dealkylation sites (tertiary alicyclic amines) is 1. The van der Waals surface area contributed by atoms with Gasteiger partial charge in [0.05, 0.1) is 29.4 Å². The van der Waals surface area contributed by atoms with Crippen LogP contribution >= 0.6 is 11.6 Å². The summed E-state index contributed by atoms with van der Waals surface area (Å²) in [5, 5.41) is 9.94.